The van der Waals surface area contributed by atoms with Crippen molar-refractivity contribution in [1.29, 1.82) is 0 Å². The second kappa shape index (κ2) is 9.25. The summed E-state index contributed by atoms with van der Waals surface area (Å²) < 4.78 is 10.1. The molecule has 19 heavy (non-hydrogen) atoms. The monoisotopic (exact) mass is 276 g/mol. The normalized spacial score (nSPS) is 16.3. The van der Waals surface area contributed by atoms with E-state index in [9.17, 15) is 4.79 Å². The van der Waals surface area contributed by atoms with Gasteiger partial charge in [0.1, 0.15) is 5.54 Å². The van der Waals surface area contributed by atoms with Gasteiger partial charge in [-0.3, -0.25) is 9.69 Å². The lowest BCUT2D eigenvalue weighted by Crippen LogP contribution is -2.50. The summed E-state index contributed by atoms with van der Waals surface area (Å²) in [7, 11) is 3.33. The maximum Gasteiger partial charge on any atom is 0.323 e. The Morgan fingerprint density at radius 3 is 2.37 bits per heavy atom. The summed E-state index contributed by atoms with van der Waals surface area (Å²) in [6.45, 7) is 6.46. The number of rotatable bonds is 11. The van der Waals surface area contributed by atoms with Gasteiger partial charge in [-0.15, -0.1) is 0 Å². The molecule has 3 N–H and O–H groups in total. The fourth-order valence-corrected chi connectivity index (χ4v) is 2.00. The number of nitrogens with zero attached hydrogens (tertiary/aromatic N) is 1. The van der Waals surface area contributed by atoms with Crippen LogP contribution in [0.3, 0.4) is 0 Å². The SMILES string of the molecule is COCCCN(CCOC)C(C)CC(C)(N)C(=O)O. The van der Waals surface area contributed by atoms with Crippen LogP contribution in [-0.4, -0.2) is 68.1 Å². The number of ether oxygens (including phenoxy) is 2. The highest BCUT2D eigenvalue weighted by molar-refractivity contribution is 5.77. The molecule has 0 radical (unpaired) electrons. The molecule has 0 heterocycles. The van der Waals surface area contributed by atoms with E-state index in [1.807, 2.05) is 6.92 Å². The van der Waals surface area contributed by atoms with Crippen LogP contribution in [0.1, 0.15) is 26.7 Å². The molecule has 0 bridgehead atoms. The lowest BCUT2D eigenvalue weighted by Gasteiger charge is -2.33. The van der Waals surface area contributed by atoms with Gasteiger partial charge in [0, 0.05) is 40.0 Å². The minimum Gasteiger partial charge on any atom is -0.480 e. The van der Waals surface area contributed by atoms with E-state index in [4.69, 9.17) is 20.3 Å². The lowest BCUT2D eigenvalue weighted by molar-refractivity contribution is -0.143. The van der Waals surface area contributed by atoms with Crippen molar-refractivity contribution >= 4 is 5.97 Å². The zero-order valence-corrected chi connectivity index (χ0v) is 12.5. The number of hydrogen-bond acceptors (Lipinski definition) is 5. The number of aliphatic carboxylic acids is 1. The van der Waals surface area contributed by atoms with E-state index in [1.54, 1.807) is 21.1 Å². The molecule has 0 aliphatic heterocycles. The number of carboxylic acids is 1. The van der Waals surface area contributed by atoms with Crippen LogP contribution in [0.25, 0.3) is 0 Å². The lowest BCUT2D eigenvalue weighted by atomic mass is 9.94. The van der Waals surface area contributed by atoms with Crippen LogP contribution in [0.15, 0.2) is 0 Å². The first-order chi connectivity index (χ1) is 8.85. The average Bonchev–Trinajstić information content (AvgIpc) is 2.32. The van der Waals surface area contributed by atoms with Gasteiger partial charge in [-0.05, 0) is 26.7 Å². The molecule has 0 amide bonds. The summed E-state index contributed by atoms with van der Waals surface area (Å²) in [6.07, 6.45) is 1.30. The highest BCUT2D eigenvalue weighted by atomic mass is 16.5. The van der Waals surface area contributed by atoms with Crippen LogP contribution in [0.4, 0.5) is 0 Å². The first-order valence-corrected chi connectivity index (χ1v) is 6.59. The number of carbonyl (C=O) groups is 1. The van der Waals surface area contributed by atoms with Gasteiger partial charge in [0.25, 0.3) is 0 Å². The van der Waals surface area contributed by atoms with Crippen molar-refractivity contribution in [1.82, 2.24) is 4.90 Å². The van der Waals surface area contributed by atoms with Crippen molar-refractivity contribution in [2.24, 2.45) is 5.73 Å². The number of nitrogens with two attached hydrogens (primary N) is 1. The summed E-state index contributed by atoms with van der Waals surface area (Å²) in [5.41, 5.74) is 4.60. The van der Waals surface area contributed by atoms with Gasteiger partial charge in [0.15, 0.2) is 0 Å². The standard InChI is InChI=1S/C13H28N2O4/c1-11(10-13(2,14)12(16)17)15(7-9-19-4)6-5-8-18-3/h11H,5-10,14H2,1-4H3,(H,16,17). The Morgan fingerprint density at radius 2 is 1.89 bits per heavy atom. The minimum atomic E-state index is -1.20. The minimum absolute atomic E-state index is 0.0816. The molecule has 0 fully saturated rings. The highest BCUT2D eigenvalue weighted by Crippen LogP contribution is 2.14. The highest BCUT2D eigenvalue weighted by Gasteiger charge is 2.31. The van der Waals surface area contributed by atoms with Gasteiger partial charge in [-0.2, -0.15) is 0 Å². The van der Waals surface area contributed by atoms with Crippen molar-refractivity contribution < 1.29 is 19.4 Å². The zero-order chi connectivity index (χ0) is 14.9. The number of methoxy groups -OCH3 is 2. The summed E-state index contributed by atoms with van der Waals surface area (Å²) in [6, 6.07) is 0.0816. The van der Waals surface area contributed by atoms with E-state index in [0.29, 0.717) is 19.6 Å². The van der Waals surface area contributed by atoms with Crippen LogP contribution in [0, 0.1) is 0 Å². The Balaban J connectivity index is 4.42. The van der Waals surface area contributed by atoms with E-state index in [0.717, 1.165) is 19.5 Å². The number of carboxylic acid groups (broad SMARTS) is 1. The fourth-order valence-electron chi connectivity index (χ4n) is 2.00. The van der Waals surface area contributed by atoms with Crippen molar-refractivity contribution in [3.63, 3.8) is 0 Å². The van der Waals surface area contributed by atoms with Crippen LogP contribution in [0.2, 0.25) is 0 Å². The summed E-state index contributed by atoms with van der Waals surface area (Å²) in [4.78, 5) is 13.3. The van der Waals surface area contributed by atoms with Crippen LogP contribution >= 0.6 is 0 Å². The molecule has 0 aliphatic rings. The second-order valence-corrected chi connectivity index (χ2v) is 5.15. The maximum atomic E-state index is 11.1. The molecule has 0 aromatic rings. The molecule has 0 rings (SSSR count). The largest absolute Gasteiger partial charge is 0.480 e. The summed E-state index contributed by atoms with van der Waals surface area (Å²) in [5.74, 6) is -0.970. The molecule has 0 saturated carbocycles. The van der Waals surface area contributed by atoms with Gasteiger partial charge in [0.2, 0.25) is 0 Å². The van der Waals surface area contributed by atoms with Gasteiger partial charge in [0.05, 0.1) is 6.61 Å². The molecule has 2 unspecified atom stereocenters. The van der Waals surface area contributed by atoms with Crippen LogP contribution < -0.4 is 5.73 Å². The van der Waals surface area contributed by atoms with Crippen molar-refractivity contribution in [3.05, 3.63) is 0 Å². The van der Waals surface area contributed by atoms with E-state index in [-0.39, 0.29) is 6.04 Å². The maximum absolute atomic E-state index is 11.1. The third kappa shape index (κ3) is 7.47. The fraction of sp³-hybridized carbons (Fsp3) is 0.923. The quantitative estimate of drug-likeness (QED) is 0.536. The van der Waals surface area contributed by atoms with Crippen molar-refractivity contribution in [2.45, 2.75) is 38.3 Å². The van der Waals surface area contributed by atoms with Crippen LogP contribution in [-0.2, 0) is 14.3 Å². The van der Waals surface area contributed by atoms with Gasteiger partial charge >= 0.3 is 5.97 Å². The van der Waals surface area contributed by atoms with E-state index < -0.39 is 11.5 Å². The molecule has 6 heteroatoms. The van der Waals surface area contributed by atoms with E-state index in [1.165, 1.54) is 0 Å². The van der Waals surface area contributed by atoms with Gasteiger partial charge in [-0.1, -0.05) is 0 Å². The summed E-state index contributed by atoms with van der Waals surface area (Å²) in [5, 5.41) is 9.07. The molecule has 0 aromatic heterocycles. The molecule has 0 spiro atoms. The third-order valence-electron chi connectivity index (χ3n) is 3.21. The molecule has 114 valence electrons. The first-order valence-electron chi connectivity index (χ1n) is 6.59. The molecule has 6 nitrogen and oxygen atoms in total. The molecular formula is C13H28N2O4. The smallest absolute Gasteiger partial charge is 0.323 e. The zero-order valence-electron chi connectivity index (χ0n) is 12.5. The Bertz CT molecular complexity index is 259. The van der Waals surface area contributed by atoms with Crippen molar-refractivity contribution in [2.75, 3.05) is 40.5 Å². The van der Waals surface area contributed by atoms with Crippen LogP contribution in [0.5, 0.6) is 0 Å². The predicted octanol–water partition coefficient (Wildman–Crippen LogP) is 0.552. The van der Waals surface area contributed by atoms with Gasteiger partial charge < -0.3 is 20.3 Å². The Morgan fingerprint density at radius 1 is 1.32 bits per heavy atom. The number of hydrogen-bond donors (Lipinski definition) is 2. The Labute approximate surface area is 115 Å². The van der Waals surface area contributed by atoms with E-state index in [2.05, 4.69) is 4.90 Å². The Kier molecular flexibility index (Phi) is 8.92. The van der Waals surface area contributed by atoms with Crippen molar-refractivity contribution in [3.8, 4) is 0 Å². The first kappa shape index (κ1) is 18.3. The molecule has 2 atom stereocenters. The van der Waals surface area contributed by atoms with Gasteiger partial charge in [-0.25, -0.2) is 0 Å². The molecular weight excluding hydrogens is 248 g/mol. The topological polar surface area (TPSA) is 85.0 Å². The summed E-state index contributed by atoms with van der Waals surface area (Å²) >= 11 is 0. The third-order valence-corrected chi connectivity index (χ3v) is 3.21. The Hall–Kier alpha value is -0.690. The predicted molar refractivity (Wildman–Crippen MR) is 74.2 cm³/mol. The second-order valence-electron chi connectivity index (χ2n) is 5.15. The molecule has 0 aliphatic carbocycles. The van der Waals surface area contributed by atoms with E-state index >= 15 is 0 Å². The average molecular weight is 276 g/mol. The molecule has 0 saturated heterocycles. The molecule has 0 aromatic carbocycles.